The van der Waals surface area contributed by atoms with Crippen molar-refractivity contribution in [3.8, 4) is 17.2 Å². The molecule has 3 saturated heterocycles. The van der Waals surface area contributed by atoms with E-state index in [1.807, 2.05) is 35.2 Å². The van der Waals surface area contributed by atoms with Crippen molar-refractivity contribution in [3.05, 3.63) is 95.4 Å². The number of hydrogen-bond acceptors (Lipinski definition) is 10. The standard InChI is InChI=1S/C38H41F2N9O4/c39-38(40)23-45(17-12-25-13-19-46(20-14-25)27-21-47(22-27)30-7-4-16-42-32(30)36(50)51)18-15-31(38)49-35-33(34(41)43-24-44-35)48(37(49)52)26-8-10-29(11-9-26)53-28-5-2-1-3-6-28/h1-11,16,24-25,27,31H,12-15,17-23H2,(H,50,51)(H2,41,43,44)/t31-/m1/s1. The van der Waals surface area contributed by atoms with Gasteiger partial charge >= 0.3 is 11.7 Å². The summed E-state index contributed by atoms with van der Waals surface area (Å²) in [6.45, 7) is 3.92. The Morgan fingerprint density at radius 1 is 0.925 bits per heavy atom. The molecule has 5 aromatic rings. The van der Waals surface area contributed by atoms with E-state index in [2.05, 4.69) is 24.8 Å². The summed E-state index contributed by atoms with van der Waals surface area (Å²) in [5.41, 5.74) is 7.03. The fraction of sp³-hybridized carbons (Fsp3) is 0.395. The summed E-state index contributed by atoms with van der Waals surface area (Å²) in [5.74, 6) is -2.55. The van der Waals surface area contributed by atoms with Crippen LogP contribution in [0.1, 0.15) is 42.2 Å². The second kappa shape index (κ2) is 14.2. The van der Waals surface area contributed by atoms with Crippen LogP contribution >= 0.6 is 0 Å². The predicted molar refractivity (Wildman–Crippen MR) is 195 cm³/mol. The van der Waals surface area contributed by atoms with Gasteiger partial charge in [-0.3, -0.25) is 18.9 Å². The van der Waals surface area contributed by atoms with Gasteiger partial charge in [0.05, 0.1) is 17.9 Å². The first-order valence-corrected chi connectivity index (χ1v) is 18.0. The molecule has 1 atom stereocenters. The average Bonchev–Trinajstić information content (AvgIpc) is 3.43. The summed E-state index contributed by atoms with van der Waals surface area (Å²) in [6.07, 6.45) is 5.59. The van der Waals surface area contributed by atoms with Crippen LogP contribution in [0.4, 0.5) is 20.3 Å². The van der Waals surface area contributed by atoms with Crippen molar-refractivity contribution >= 4 is 28.6 Å². The number of hydrogen-bond donors (Lipinski definition) is 2. The monoisotopic (exact) mass is 725 g/mol. The van der Waals surface area contributed by atoms with E-state index < -0.39 is 30.2 Å². The molecule has 8 rings (SSSR count). The molecule has 6 heterocycles. The van der Waals surface area contributed by atoms with E-state index in [9.17, 15) is 14.7 Å². The number of carboxylic acid groups (broad SMARTS) is 1. The van der Waals surface area contributed by atoms with Crippen LogP contribution in [0.15, 0.2) is 84.0 Å². The average molecular weight is 726 g/mol. The highest BCUT2D eigenvalue weighted by Crippen LogP contribution is 2.39. The smallest absolute Gasteiger partial charge is 0.356 e. The number of piperidine rings is 2. The molecular weight excluding hydrogens is 684 g/mol. The molecule has 0 bridgehead atoms. The molecule has 3 fully saturated rings. The number of nitrogen functional groups attached to an aromatic ring is 1. The number of nitrogens with two attached hydrogens (primary N) is 1. The first-order valence-electron chi connectivity index (χ1n) is 18.0. The van der Waals surface area contributed by atoms with Crippen molar-refractivity contribution in [2.24, 2.45) is 5.92 Å². The van der Waals surface area contributed by atoms with Crippen molar-refractivity contribution < 1.29 is 23.4 Å². The molecule has 0 amide bonds. The van der Waals surface area contributed by atoms with E-state index in [0.29, 0.717) is 47.9 Å². The Morgan fingerprint density at radius 3 is 2.38 bits per heavy atom. The molecule has 0 saturated carbocycles. The van der Waals surface area contributed by atoms with Gasteiger partial charge in [0, 0.05) is 31.9 Å². The number of anilines is 2. The van der Waals surface area contributed by atoms with E-state index in [0.717, 1.165) is 50.0 Å². The molecule has 15 heteroatoms. The Kier molecular flexibility index (Phi) is 9.28. The molecule has 3 aliphatic rings. The van der Waals surface area contributed by atoms with Gasteiger partial charge in [0.15, 0.2) is 17.2 Å². The number of alkyl halides is 2. The number of carbonyl (C=O) groups is 1. The van der Waals surface area contributed by atoms with E-state index in [1.165, 1.54) is 17.1 Å². The lowest BCUT2D eigenvalue weighted by Gasteiger charge is -2.49. The third kappa shape index (κ3) is 6.81. The van der Waals surface area contributed by atoms with Crippen LogP contribution < -0.4 is 21.1 Å². The van der Waals surface area contributed by atoms with Gasteiger partial charge in [-0.25, -0.2) is 33.3 Å². The second-order valence-corrected chi connectivity index (χ2v) is 14.2. The molecule has 3 aromatic heterocycles. The first-order chi connectivity index (χ1) is 25.7. The SMILES string of the molecule is Nc1ncnc2c1n(-c1ccc(Oc3ccccc3)cc1)c(=O)n2[C@@H]1CCN(CCC2CCN(C3CN(c4cccnc4C(=O)O)C3)CC2)CC1(F)F. The highest BCUT2D eigenvalue weighted by atomic mass is 19.3. The number of ether oxygens (including phenoxy) is 1. The number of carboxylic acids is 1. The van der Waals surface area contributed by atoms with Crippen molar-refractivity contribution in [2.75, 3.05) is 56.4 Å². The van der Waals surface area contributed by atoms with E-state index in [1.54, 1.807) is 36.4 Å². The molecule has 13 nitrogen and oxygen atoms in total. The quantitative estimate of drug-likeness (QED) is 0.202. The maximum atomic E-state index is 16.1. The predicted octanol–water partition coefficient (Wildman–Crippen LogP) is 4.92. The van der Waals surface area contributed by atoms with Gasteiger partial charge in [0.1, 0.15) is 29.4 Å². The number of likely N-dealkylation sites (tertiary alicyclic amines) is 2. The van der Waals surface area contributed by atoms with Crippen molar-refractivity contribution in [1.82, 2.24) is 33.9 Å². The van der Waals surface area contributed by atoms with Crippen LogP contribution in [0.2, 0.25) is 0 Å². The van der Waals surface area contributed by atoms with Crippen molar-refractivity contribution in [3.63, 3.8) is 0 Å². The number of aromatic nitrogens is 5. The summed E-state index contributed by atoms with van der Waals surface area (Å²) >= 11 is 0. The van der Waals surface area contributed by atoms with Crippen LogP contribution in [0.5, 0.6) is 11.5 Å². The van der Waals surface area contributed by atoms with Crippen LogP contribution in [-0.4, -0.2) is 103 Å². The fourth-order valence-electron chi connectivity index (χ4n) is 8.05. The number of imidazole rings is 1. The molecule has 53 heavy (non-hydrogen) atoms. The van der Waals surface area contributed by atoms with Crippen molar-refractivity contribution in [2.45, 2.75) is 43.7 Å². The Hall–Kier alpha value is -5.41. The van der Waals surface area contributed by atoms with E-state index in [-0.39, 0.29) is 29.1 Å². The molecule has 276 valence electrons. The normalized spacial score (nSPS) is 20.0. The minimum atomic E-state index is -3.19. The zero-order valence-corrected chi connectivity index (χ0v) is 29.1. The number of rotatable bonds is 10. The van der Waals surface area contributed by atoms with Gasteiger partial charge in [-0.05, 0) is 99.8 Å². The highest BCUT2D eigenvalue weighted by molar-refractivity contribution is 5.92. The molecule has 0 aliphatic carbocycles. The zero-order chi connectivity index (χ0) is 36.7. The summed E-state index contributed by atoms with van der Waals surface area (Å²) in [6, 6.07) is 18.6. The summed E-state index contributed by atoms with van der Waals surface area (Å²) in [4.78, 5) is 44.3. The first kappa shape index (κ1) is 34.7. The Bertz CT molecular complexity index is 2150. The third-order valence-electron chi connectivity index (χ3n) is 10.9. The van der Waals surface area contributed by atoms with Gasteiger partial charge in [-0.2, -0.15) is 0 Å². The topological polar surface area (TPSA) is 148 Å². The van der Waals surface area contributed by atoms with E-state index in [4.69, 9.17) is 10.5 Å². The minimum Gasteiger partial charge on any atom is -0.476 e. The molecular formula is C38H41F2N9O4. The molecule has 0 unspecified atom stereocenters. The van der Waals surface area contributed by atoms with Crippen LogP contribution in [0.3, 0.4) is 0 Å². The number of pyridine rings is 1. The second-order valence-electron chi connectivity index (χ2n) is 14.2. The summed E-state index contributed by atoms with van der Waals surface area (Å²) in [5, 5.41) is 9.48. The number of para-hydroxylation sites is 1. The number of aromatic carboxylic acids is 1. The Morgan fingerprint density at radius 2 is 1.66 bits per heavy atom. The third-order valence-corrected chi connectivity index (χ3v) is 10.9. The summed E-state index contributed by atoms with van der Waals surface area (Å²) < 4.78 is 40.5. The molecule has 3 aliphatic heterocycles. The van der Waals surface area contributed by atoms with Gasteiger partial charge in [0.25, 0.3) is 5.92 Å². The Labute approximate surface area is 304 Å². The lowest BCUT2D eigenvalue weighted by molar-refractivity contribution is -0.104. The number of fused-ring (bicyclic) bond motifs is 1. The van der Waals surface area contributed by atoms with Gasteiger partial charge < -0.3 is 20.5 Å². The lowest BCUT2D eigenvalue weighted by atomic mass is 9.90. The van der Waals surface area contributed by atoms with Crippen LogP contribution in [0, 0.1) is 5.92 Å². The molecule has 2 aromatic carbocycles. The minimum absolute atomic E-state index is 0.0257. The fourth-order valence-corrected chi connectivity index (χ4v) is 8.05. The van der Waals surface area contributed by atoms with Crippen LogP contribution in [-0.2, 0) is 0 Å². The maximum absolute atomic E-state index is 16.1. The maximum Gasteiger partial charge on any atom is 0.356 e. The molecule has 0 radical (unpaired) electrons. The number of benzene rings is 2. The highest BCUT2D eigenvalue weighted by Gasteiger charge is 2.47. The molecule has 0 spiro atoms. The number of halogens is 2. The number of nitrogens with zero attached hydrogens (tertiary/aromatic N) is 8. The largest absolute Gasteiger partial charge is 0.476 e. The van der Waals surface area contributed by atoms with Gasteiger partial charge in [-0.15, -0.1) is 0 Å². The van der Waals surface area contributed by atoms with E-state index >= 15 is 8.78 Å². The molecule has 3 N–H and O–H groups in total. The zero-order valence-electron chi connectivity index (χ0n) is 29.1. The Balaban J connectivity index is 0.890. The lowest BCUT2D eigenvalue weighted by Crippen LogP contribution is -2.61. The van der Waals surface area contributed by atoms with Gasteiger partial charge in [0.2, 0.25) is 0 Å². The summed E-state index contributed by atoms with van der Waals surface area (Å²) in [7, 11) is 0. The van der Waals surface area contributed by atoms with Gasteiger partial charge in [-0.1, -0.05) is 18.2 Å². The van der Waals surface area contributed by atoms with Crippen molar-refractivity contribution in [1.29, 1.82) is 0 Å². The van der Waals surface area contributed by atoms with Crippen LogP contribution in [0.25, 0.3) is 16.9 Å².